The molecule has 0 radical (unpaired) electrons. The van der Waals surface area contributed by atoms with Gasteiger partial charge in [-0.3, -0.25) is 9.98 Å². The van der Waals surface area contributed by atoms with Crippen molar-refractivity contribution in [1.82, 2.24) is 9.88 Å². The van der Waals surface area contributed by atoms with Crippen molar-refractivity contribution >= 4 is 11.6 Å². The molecule has 1 aromatic carbocycles. The Kier molecular flexibility index (Phi) is 7.69. The second-order valence-electron chi connectivity index (χ2n) is 7.34. The van der Waals surface area contributed by atoms with E-state index in [0.29, 0.717) is 6.04 Å². The lowest BCUT2D eigenvalue weighted by Gasteiger charge is -2.28. The zero-order valence-corrected chi connectivity index (χ0v) is 16.5. The van der Waals surface area contributed by atoms with Gasteiger partial charge in [-0.05, 0) is 36.6 Å². The van der Waals surface area contributed by atoms with Crippen LogP contribution in [-0.2, 0) is 6.42 Å². The van der Waals surface area contributed by atoms with Gasteiger partial charge in [-0.15, -0.1) is 0 Å². The van der Waals surface area contributed by atoms with E-state index in [4.69, 9.17) is 4.99 Å². The van der Waals surface area contributed by atoms with Gasteiger partial charge in [0.05, 0.1) is 12.6 Å². The van der Waals surface area contributed by atoms with E-state index in [0.717, 1.165) is 31.2 Å². The standard InChI is InChI=1S/C23H32N4/c1-2-3-4-5-6-10-16-27-22(17-20-12-11-15-24-18-20)19-25-23(27)26-21-13-8-7-9-14-21/h7-9,11-15,18,22H,2-6,10,16-17,19H2,1H3,(H,25,26)/t22-/m0/s1. The summed E-state index contributed by atoms with van der Waals surface area (Å²) in [6.07, 6.45) is 12.7. The lowest BCUT2D eigenvalue weighted by Crippen LogP contribution is -2.41. The number of benzene rings is 1. The summed E-state index contributed by atoms with van der Waals surface area (Å²) < 4.78 is 0. The van der Waals surface area contributed by atoms with E-state index in [1.807, 2.05) is 24.5 Å². The maximum Gasteiger partial charge on any atom is 0.198 e. The molecule has 3 rings (SSSR count). The van der Waals surface area contributed by atoms with E-state index in [1.54, 1.807) is 0 Å². The van der Waals surface area contributed by atoms with E-state index in [9.17, 15) is 0 Å². The second kappa shape index (κ2) is 10.7. The van der Waals surface area contributed by atoms with Gasteiger partial charge in [0, 0.05) is 24.6 Å². The van der Waals surface area contributed by atoms with Gasteiger partial charge >= 0.3 is 0 Å². The summed E-state index contributed by atoms with van der Waals surface area (Å²) in [5.74, 6) is 1.02. The largest absolute Gasteiger partial charge is 0.338 e. The molecule has 2 aromatic rings. The van der Waals surface area contributed by atoms with Crippen LogP contribution in [0.25, 0.3) is 0 Å². The molecule has 2 heterocycles. The van der Waals surface area contributed by atoms with E-state index >= 15 is 0 Å². The minimum atomic E-state index is 0.413. The Bertz CT molecular complexity index is 684. The van der Waals surface area contributed by atoms with E-state index in [-0.39, 0.29) is 0 Å². The number of aromatic nitrogens is 1. The highest BCUT2D eigenvalue weighted by Crippen LogP contribution is 2.19. The van der Waals surface area contributed by atoms with Gasteiger partial charge in [0.2, 0.25) is 0 Å². The van der Waals surface area contributed by atoms with Gasteiger partial charge in [-0.25, -0.2) is 0 Å². The first-order valence-electron chi connectivity index (χ1n) is 10.4. The summed E-state index contributed by atoms with van der Waals surface area (Å²) >= 11 is 0. The zero-order chi connectivity index (χ0) is 18.7. The van der Waals surface area contributed by atoms with Crippen LogP contribution >= 0.6 is 0 Å². The molecule has 144 valence electrons. The Balaban J connectivity index is 1.59. The summed E-state index contributed by atoms with van der Waals surface area (Å²) in [6.45, 7) is 4.18. The van der Waals surface area contributed by atoms with Crippen molar-refractivity contribution in [2.45, 2.75) is 57.9 Å². The lowest BCUT2D eigenvalue weighted by atomic mass is 10.1. The van der Waals surface area contributed by atoms with Gasteiger partial charge in [0.15, 0.2) is 5.96 Å². The predicted molar refractivity (Wildman–Crippen MR) is 114 cm³/mol. The molecule has 1 aromatic heterocycles. The van der Waals surface area contributed by atoms with Gasteiger partial charge in [-0.2, -0.15) is 0 Å². The Morgan fingerprint density at radius 2 is 1.81 bits per heavy atom. The number of unbranched alkanes of at least 4 members (excludes halogenated alkanes) is 5. The van der Waals surface area contributed by atoms with Crippen LogP contribution in [0.1, 0.15) is 51.0 Å². The molecule has 27 heavy (non-hydrogen) atoms. The third kappa shape index (κ3) is 6.09. The fraction of sp³-hybridized carbons (Fsp3) is 0.478. The van der Waals surface area contributed by atoms with Crippen molar-refractivity contribution in [2.24, 2.45) is 4.99 Å². The van der Waals surface area contributed by atoms with Gasteiger partial charge in [-0.1, -0.05) is 63.3 Å². The van der Waals surface area contributed by atoms with Crippen LogP contribution in [0.4, 0.5) is 5.69 Å². The first-order chi connectivity index (χ1) is 13.4. The van der Waals surface area contributed by atoms with Crippen molar-refractivity contribution in [3.05, 3.63) is 60.4 Å². The number of para-hydroxylation sites is 1. The van der Waals surface area contributed by atoms with Gasteiger partial charge in [0.25, 0.3) is 0 Å². The number of hydrogen-bond acceptors (Lipinski definition) is 4. The van der Waals surface area contributed by atoms with Crippen LogP contribution in [0, 0.1) is 0 Å². The number of pyridine rings is 1. The summed E-state index contributed by atoms with van der Waals surface area (Å²) in [5, 5.41) is 3.53. The number of nitrogens with zero attached hydrogens (tertiary/aromatic N) is 3. The molecule has 0 spiro atoms. The molecule has 1 aliphatic rings. The van der Waals surface area contributed by atoms with Crippen molar-refractivity contribution in [3.63, 3.8) is 0 Å². The topological polar surface area (TPSA) is 40.5 Å². The highest BCUT2D eigenvalue weighted by molar-refractivity contribution is 5.95. The van der Waals surface area contributed by atoms with Crippen LogP contribution in [0.15, 0.2) is 59.9 Å². The number of aliphatic imine (C=N–C) groups is 1. The summed E-state index contributed by atoms with van der Waals surface area (Å²) in [7, 11) is 0. The molecule has 0 unspecified atom stereocenters. The minimum absolute atomic E-state index is 0.413. The third-order valence-electron chi connectivity index (χ3n) is 5.14. The number of rotatable bonds is 10. The molecule has 4 nitrogen and oxygen atoms in total. The normalized spacial score (nSPS) is 16.4. The third-order valence-corrected chi connectivity index (χ3v) is 5.14. The maximum absolute atomic E-state index is 4.83. The van der Waals surface area contributed by atoms with Crippen LogP contribution in [-0.4, -0.2) is 35.0 Å². The first kappa shape index (κ1) is 19.4. The smallest absolute Gasteiger partial charge is 0.198 e. The molecule has 1 N–H and O–H groups in total. The average Bonchev–Trinajstić information content (AvgIpc) is 3.07. The van der Waals surface area contributed by atoms with Crippen LogP contribution in [0.5, 0.6) is 0 Å². The van der Waals surface area contributed by atoms with E-state index in [2.05, 4.69) is 52.5 Å². The summed E-state index contributed by atoms with van der Waals surface area (Å²) in [6, 6.07) is 15.0. The molecule has 0 saturated carbocycles. The molecule has 0 bridgehead atoms. The fourth-order valence-corrected chi connectivity index (χ4v) is 3.63. The maximum atomic E-state index is 4.83. The number of nitrogens with one attached hydrogen (secondary N) is 1. The quantitative estimate of drug-likeness (QED) is 0.594. The molecule has 0 saturated heterocycles. The first-order valence-corrected chi connectivity index (χ1v) is 10.4. The van der Waals surface area contributed by atoms with Crippen LogP contribution < -0.4 is 5.32 Å². The Morgan fingerprint density at radius 3 is 2.59 bits per heavy atom. The molecular weight excluding hydrogens is 332 g/mol. The van der Waals surface area contributed by atoms with Crippen LogP contribution in [0.3, 0.4) is 0 Å². The Hall–Kier alpha value is -2.36. The second-order valence-corrected chi connectivity index (χ2v) is 7.34. The van der Waals surface area contributed by atoms with Crippen LogP contribution in [0.2, 0.25) is 0 Å². The highest BCUT2D eigenvalue weighted by atomic mass is 15.4. The monoisotopic (exact) mass is 364 g/mol. The fourth-order valence-electron chi connectivity index (χ4n) is 3.63. The minimum Gasteiger partial charge on any atom is -0.338 e. The van der Waals surface area contributed by atoms with Gasteiger partial charge in [0.1, 0.15) is 0 Å². The molecule has 1 atom stereocenters. The number of anilines is 1. The lowest BCUT2D eigenvalue weighted by molar-refractivity contribution is 0.329. The molecule has 4 heteroatoms. The Labute approximate surface area is 163 Å². The van der Waals surface area contributed by atoms with Crippen molar-refractivity contribution < 1.29 is 0 Å². The summed E-state index contributed by atoms with van der Waals surface area (Å²) in [4.78, 5) is 11.6. The SMILES string of the molecule is CCCCCCCCN1C(Nc2ccccc2)=NC[C@@H]1Cc1cccnc1. The highest BCUT2D eigenvalue weighted by Gasteiger charge is 2.27. The van der Waals surface area contributed by atoms with Crippen molar-refractivity contribution in [3.8, 4) is 0 Å². The van der Waals surface area contributed by atoms with Crippen molar-refractivity contribution in [1.29, 1.82) is 0 Å². The Morgan fingerprint density at radius 1 is 1.00 bits per heavy atom. The molecular formula is C23H32N4. The number of hydrogen-bond donors (Lipinski definition) is 1. The van der Waals surface area contributed by atoms with E-state index < -0.39 is 0 Å². The zero-order valence-electron chi connectivity index (χ0n) is 16.5. The van der Waals surface area contributed by atoms with Gasteiger partial charge < -0.3 is 10.2 Å². The predicted octanol–water partition coefficient (Wildman–Crippen LogP) is 5.14. The van der Waals surface area contributed by atoms with Crippen molar-refractivity contribution in [2.75, 3.05) is 18.4 Å². The summed E-state index contributed by atoms with van der Waals surface area (Å²) in [5.41, 5.74) is 2.39. The average molecular weight is 365 g/mol. The molecule has 0 aliphatic carbocycles. The molecule has 0 fully saturated rings. The number of guanidine groups is 1. The molecule has 0 amide bonds. The van der Waals surface area contributed by atoms with E-state index in [1.165, 1.54) is 44.1 Å². The molecule has 1 aliphatic heterocycles.